The third kappa shape index (κ3) is 2.14. The number of halogens is 1. The Kier molecular flexibility index (Phi) is 3.17. The van der Waals surface area contributed by atoms with E-state index in [-0.39, 0.29) is 0 Å². The van der Waals surface area contributed by atoms with Crippen LogP contribution < -0.4 is 5.73 Å². The maximum absolute atomic E-state index is 13.1. The zero-order valence-electron chi connectivity index (χ0n) is 7.15. The lowest BCUT2D eigenvalue weighted by Gasteiger charge is -2.15. The van der Waals surface area contributed by atoms with Gasteiger partial charge in [0.05, 0.1) is 12.1 Å². The Hall–Kier alpha value is -1.19. The Labute approximate surface area is 76.5 Å². The van der Waals surface area contributed by atoms with Crippen molar-refractivity contribution < 1.29 is 9.50 Å². The van der Waals surface area contributed by atoms with Crippen molar-refractivity contribution in [3.8, 4) is 0 Å². The highest BCUT2D eigenvalue weighted by Crippen LogP contribution is 2.17. The molecule has 0 radical (unpaired) electrons. The fourth-order valence-electron chi connectivity index (χ4n) is 1.08. The third-order valence-corrected chi connectivity index (χ3v) is 1.87. The van der Waals surface area contributed by atoms with E-state index in [9.17, 15) is 9.50 Å². The molecule has 2 unspecified atom stereocenters. The van der Waals surface area contributed by atoms with E-state index in [1.54, 1.807) is 18.2 Å². The molecular formula is C10H12FNO. The monoisotopic (exact) mass is 181 g/mol. The van der Waals surface area contributed by atoms with Crippen molar-refractivity contribution in [2.45, 2.75) is 12.1 Å². The highest BCUT2D eigenvalue weighted by molar-refractivity contribution is 5.22. The van der Waals surface area contributed by atoms with Crippen LogP contribution in [0.2, 0.25) is 0 Å². The summed E-state index contributed by atoms with van der Waals surface area (Å²) in [6.07, 6.45) is 0.369. The fraction of sp³-hybridized carbons (Fsp3) is 0.200. The lowest BCUT2D eigenvalue weighted by Crippen LogP contribution is -2.24. The average Bonchev–Trinajstić information content (AvgIpc) is 2.16. The van der Waals surface area contributed by atoms with Crippen LogP contribution in [0.5, 0.6) is 0 Å². The molecule has 1 aromatic carbocycles. The van der Waals surface area contributed by atoms with Gasteiger partial charge in [-0.2, -0.15) is 0 Å². The molecule has 0 fully saturated rings. The van der Waals surface area contributed by atoms with Crippen molar-refractivity contribution in [2.75, 3.05) is 0 Å². The van der Waals surface area contributed by atoms with Crippen molar-refractivity contribution in [3.63, 3.8) is 0 Å². The van der Waals surface area contributed by atoms with Crippen LogP contribution in [0.25, 0.3) is 0 Å². The molecule has 0 heterocycles. The van der Waals surface area contributed by atoms with Gasteiger partial charge in [-0.3, -0.25) is 0 Å². The molecule has 2 nitrogen and oxygen atoms in total. The second kappa shape index (κ2) is 4.16. The van der Waals surface area contributed by atoms with Crippen molar-refractivity contribution in [3.05, 3.63) is 48.3 Å². The van der Waals surface area contributed by atoms with Crippen LogP contribution >= 0.6 is 0 Å². The molecule has 0 amide bonds. The van der Waals surface area contributed by atoms with Crippen LogP contribution in [-0.2, 0) is 0 Å². The van der Waals surface area contributed by atoms with E-state index in [1.165, 1.54) is 12.1 Å². The topological polar surface area (TPSA) is 46.2 Å². The van der Waals surface area contributed by atoms with Crippen molar-refractivity contribution in [1.29, 1.82) is 0 Å². The minimum Gasteiger partial charge on any atom is -0.387 e. The van der Waals surface area contributed by atoms with E-state index in [2.05, 4.69) is 6.58 Å². The second-order valence-corrected chi connectivity index (χ2v) is 2.77. The smallest absolute Gasteiger partial charge is 0.128 e. The summed E-state index contributed by atoms with van der Waals surface area (Å²) < 4.78 is 13.1. The molecule has 0 saturated heterocycles. The first-order valence-corrected chi connectivity index (χ1v) is 3.97. The van der Waals surface area contributed by atoms with E-state index in [0.29, 0.717) is 5.56 Å². The minimum absolute atomic E-state index is 0.301. The summed E-state index contributed by atoms with van der Waals surface area (Å²) >= 11 is 0. The van der Waals surface area contributed by atoms with Crippen molar-refractivity contribution in [1.82, 2.24) is 0 Å². The van der Waals surface area contributed by atoms with Crippen molar-refractivity contribution in [2.24, 2.45) is 5.73 Å². The van der Waals surface area contributed by atoms with E-state index < -0.39 is 18.0 Å². The van der Waals surface area contributed by atoms with Gasteiger partial charge in [-0.1, -0.05) is 24.3 Å². The normalized spacial score (nSPS) is 15.0. The molecule has 0 spiro atoms. The van der Waals surface area contributed by atoms with Crippen LogP contribution in [0.1, 0.15) is 11.6 Å². The van der Waals surface area contributed by atoms with Gasteiger partial charge < -0.3 is 10.8 Å². The van der Waals surface area contributed by atoms with E-state index >= 15 is 0 Å². The van der Waals surface area contributed by atoms with Gasteiger partial charge in [-0.15, -0.1) is 6.58 Å². The SMILES string of the molecule is C=CC(O)C(N)c1ccccc1F. The van der Waals surface area contributed by atoms with Gasteiger partial charge in [-0.05, 0) is 6.07 Å². The molecule has 0 aromatic heterocycles. The molecule has 0 aliphatic heterocycles. The number of nitrogens with two attached hydrogens (primary N) is 1. The van der Waals surface area contributed by atoms with Gasteiger partial charge in [0, 0.05) is 5.56 Å². The largest absolute Gasteiger partial charge is 0.387 e. The predicted molar refractivity (Wildman–Crippen MR) is 49.5 cm³/mol. The summed E-state index contributed by atoms with van der Waals surface area (Å²) in [5, 5.41) is 9.29. The maximum Gasteiger partial charge on any atom is 0.128 e. The Morgan fingerprint density at radius 3 is 2.62 bits per heavy atom. The first-order valence-electron chi connectivity index (χ1n) is 3.97. The average molecular weight is 181 g/mol. The number of aliphatic hydroxyl groups is 1. The lowest BCUT2D eigenvalue weighted by atomic mass is 10.0. The quantitative estimate of drug-likeness (QED) is 0.692. The summed E-state index contributed by atoms with van der Waals surface area (Å²) in [4.78, 5) is 0. The number of hydrogen-bond acceptors (Lipinski definition) is 2. The molecule has 13 heavy (non-hydrogen) atoms. The van der Waals surface area contributed by atoms with Crippen LogP contribution in [0.4, 0.5) is 4.39 Å². The first kappa shape index (κ1) is 9.89. The molecule has 0 bridgehead atoms. The van der Waals surface area contributed by atoms with Gasteiger partial charge in [0.15, 0.2) is 0 Å². The van der Waals surface area contributed by atoms with E-state index in [1.807, 2.05) is 0 Å². The van der Waals surface area contributed by atoms with Gasteiger partial charge in [-0.25, -0.2) is 4.39 Å². The zero-order chi connectivity index (χ0) is 9.84. The Balaban J connectivity index is 2.94. The Morgan fingerprint density at radius 1 is 1.46 bits per heavy atom. The summed E-state index contributed by atoms with van der Waals surface area (Å²) in [7, 11) is 0. The van der Waals surface area contributed by atoms with Crippen LogP contribution in [0, 0.1) is 5.82 Å². The van der Waals surface area contributed by atoms with Crippen LogP contribution in [0.3, 0.4) is 0 Å². The predicted octanol–water partition coefficient (Wildman–Crippen LogP) is 1.37. The number of benzene rings is 1. The molecular weight excluding hydrogens is 169 g/mol. The standard InChI is InChI=1S/C10H12FNO/c1-2-9(13)10(12)7-5-3-4-6-8(7)11/h2-6,9-10,13H,1,12H2. The Morgan fingerprint density at radius 2 is 2.08 bits per heavy atom. The fourth-order valence-corrected chi connectivity index (χ4v) is 1.08. The number of aliphatic hydroxyl groups excluding tert-OH is 1. The highest BCUT2D eigenvalue weighted by Gasteiger charge is 2.16. The zero-order valence-corrected chi connectivity index (χ0v) is 7.15. The van der Waals surface area contributed by atoms with Gasteiger partial charge in [0.2, 0.25) is 0 Å². The van der Waals surface area contributed by atoms with Crippen LogP contribution in [0.15, 0.2) is 36.9 Å². The third-order valence-electron chi connectivity index (χ3n) is 1.87. The molecule has 1 rings (SSSR count). The van der Waals surface area contributed by atoms with E-state index in [0.717, 1.165) is 0 Å². The molecule has 0 aliphatic rings. The summed E-state index contributed by atoms with van der Waals surface area (Å²) in [6, 6.07) is 5.36. The lowest BCUT2D eigenvalue weighted by molar-refractivity contribution is 0.190. The second-order valence-electron chi connectivity index (χ2n) is 2.77. The molecule has 3 N–H and O–H groups in total. The van der Waals surface area contributed by atoms with Crippen LogP contribution in [-0.4, -0.2) is 11.2 Å². The van der Waals surface area contributed by atoms with Gasteiger partial charge in [0.1, 0.15) is 5.82 Å². The molecule has 1 aromatic rings. The molecule has 2 atom stereocenters. The highest BCUT2D eigenvalue weighted by atomic mass is 19.1. The summed E-state index contributed by atoms with van der Waals surface area (Å²) in [6.45, 7) is 3.38. The molecule has 0 aliphatic carbocycles. The molecule has 3 heteroatoms. The minimum atomic E-state index is -0.920. The Bertz CT molecular complexity index is 301. The van der Waals surface area contributed by atoms with E-state index in [4.69, 9.17) is 5.73 Å². The summed E-state index contributed by atoms with van der Waals surface area (Å²) in [5.74, 6) is -0.407. The molecule has 0 saturated carbocycles. The summed E-state index contributed by atoms with van der Waals surface area (Å²) in [5.41, 5.74) is 5.89. The van der Waals surface area contributed by atoms with Crippen molar-refractivity contribution >= 4 is 0 Å². The number of hydrogen-bond donors (Lipinski definition) is 2. The maximum atomic E-state index is 13.1. The number of rotatable bonds is 3. The molecule has 70 valence electrons. The van der Waals surface area contributed by atoms with Gasteiger partial charge >= 0.3 is 0 Å². The first-order chi connectivity index (χ1) is 6.16. The van der Waals surface area contributed by atoms with Gasteiger partial charge in [0.25, 0.3) is 0 Å².